The van der Waals surface area contributed by atoms with Gasteiger partial charge in [0.05, 0.1) is 6.61 Å². The average molecular weight is 206 g/mol. The van der Waals surface area contributed by atoms with E-state index in [0.717, 1.165) is 6.42 Å². The summed E-state index contributed by atoms with van der Waals surface area (Å²) >= 11 is 0. The molecule has 0 aliphatic carbocycles. The summed E-state index contributed by atoms with van der Waals surface area (Å²) in [6.45, 7) is 5.60. The second-order valence-electron chi connectivity index (χ2n) is 2.53. The van der Waals surface area contributed by atoms with Crippen LogP contribution in [0, 0.1) is 17.9 Å². The molecule has 0 saturated heterocycles. The lowest BCUT2D eigenvalue weighted by Gasteiger charge is -2.05. The zero-order valence-electron chi connectivity index (χ0n) is 8.11. The van der Waals surface area contributed by atoms with Crippen molar-refractivity contribution in [3.8, 4) is 12.0 Å². The molecule has 76 valence electrons. The smallest absolute Gasteiger partial charge is 0.350 e. The first-order valence-corrected chi connectivity index (χ1v) is 5.67. The van der Waals surface area contributed by atoms with Gasteiger partial charge in [-0.05, 0) is 13.3 Å². The van der Waals surface area contributed by atoms with Gasteiger partial charge in [-0.25, -0.2) is 4.57 Å². The summed E-state index contributed by atoms with van der Waals surface area (Å²) in [4.78, 5) is 8.91. The molecule has 5 heteroatoms. The van der Waals surface area contributed by atoms with Crippen molar-refractivity contribution in [2.24, 2.45) is 5.92 Å². The van der Waals surface area contributed by atoms with E-state index in [9.17, 15) is 4.57 Å². The molecular weight excluding hydrogens is 191 g/mol. The standard InChI is InChI=1S/C8H15O4P/c1-4-8(3)6-7-12-13(9,10)11-5-2/h8H,4-5H2,1-3H3,(H,9,10). The van der Waals surface area contributed by atoms with Crippen molar-refractivity contribution in [3.05, 3.63) is 0 Å². The third kappa shape index (κ3) is 6.65. The minimum atomic E-state index is -3.93. The molecule has 1 N–H and O–H groups in total. The Bertz CT molecular complexity index is 240. The van der Waals surface area contributed by atoms with E-state index < -0.39 is 7.82 Å². The Hall–Kier alpha value is -0.490. The highest BCUT2D eigenvalue weighted by atomic mass is 31.2. The minimum absolute atomic E-state index is 0.124. The Morgan fingerprint density at radius 1 is 1.54 bits per heavy atom. The van der Waals surface area contributed by atoms with E-state index in [1.165, 1.54) is 0 Å². The van der Waals surface area contributed by atoms with E-state index in [-0.39, 0.29) is 12.5 Å². The summed E-state index contributed by atoms with van der Waals surface area (Å²) in [5, 5.41) is 0. The molecule has 0 aliphatic heterocycles. The monoisotopic (exact) mass is 206 g/mol. The first-order chi connectivity index (χ1) is 6.02. The van der Waals surface area contributed by atoms with Crippen molar-refractivity contribution in [3.63, 3.8) is 0 Å². The largest absolute Gasteiger partial charge is 0.535 e. The van der Waals surface area contributed by atoms with Gasteiger partial charge in [0.2, 0.25) is 0 Å². The zero-order chi connectivity index (χ0) is 10.3. The second-order valence-corrected chi connectivity index (χ2v) is 3.91. The van der Waals surface area contributed by atoms with E-state index in [4.69, 9.17) is 4.89 Å². The molecule has 0 spiro atoms. The van der Waals surface area contributed by atoms with Crippen LogP contribution in [-0.2, 0) is 13.6 Å². The van der Waals surface area contributed by atoms with E-state index in [1.54, 1.807) is 6.92 Å². The Labute approximate surface area is 78.9 Å². The van der Waals surface area contributed by atoms with Crippen LogP contribution in [0.5, 0.6) is 0 Å². The highest BCUT2D eigenvalue weighted by Crippen LogP contribution is 2.42. The van der Waals surface area contributed by atoms with Gasteiger partial charge < -0.3 is 4.52 Å². The molecule has 0 aliphatic rings. The Kier molecular flexibility index (Phi) is 5.81. The van der Waals surface area contributed by atoms with Gasteiger partial charge >= 0.3 is 7.82 Å². The molecule has 0 bridgehead atoms. The molecule has 0 aromatic heterocycles. The molecule has 0 aromatic rings. The molecule has 0 heterocycles. The fraction of sp³-hybridized carbons (Fsp3) is 0.750. The third-order valence-electron chi connectivity index (χ3n) is 1.37. The lowest BCUT2D eigenvalue weighted by molar-refractivity contribution is 0.203. The third-order valence-corrected chi connectivity index (χ3v) is 2.28. The lowest BCUT2D eigenvalue weighted by atomic mass is 10.1. The maximum absolute atomic E-state index is 10.9. The number of hydrogen-bond donors (Lipinski definition) is 1. The average Bonchev–Trinajstić information content (AvgIpc) is 2.03. The molecule has 2 unspecified atom stereocenters. The molecule has 0 aromatic carbocycles. The van der Waals surface area contributed by atoms with Crippen molar-refractivity contribution in [2.45, 2.75) is 27.2 Å². The molecule has 0 rings (SSSR count). The Morgan fingerprint density at radius 3 is 2.62 bits per heavy atom. The van der Waals surface area contributed by atoms with Crippen LogP contribution in [0.1, 0.15) is 27.2 Å². The first kappa shape index (κ1) is 12.5. The maximum atomic E-state index is 10.9. The summed E-state index contributed by atoms with van der Waals surface area (Å²) in [5.41, 5.74) is 0. The van der Waals surface area contributed by atoms with Crippen LogP contribution in [-0.4, -0.2) is 11.5 Å². The topological polar surface area (TPSA) is 55.8 Å². The number of rotatable bonds is 4. The van der Waals surface area contributed by atoms with E-state index in [1.807, 2.05) is 13.8 Å². The maximum Gasteiger partial charge on any atom is 0.535 e. The van der Waals surface area contributed by atoms with Crippen LogP contribution in [0.3, 0.4) is 0 Å². The predicted octanol–water partition coefficient (Wildman–Crippen LogP) is 2.15. The van der Waals surface area contributed by atoms with Gasteiger partial charge in [0.15, 0.2) is 0 Å². The Balaban J connectivity index is 3.97. The van der Waals surface area contributed by atoms with Crippen molar-refractivity contribution in [1.29, 1.82) is 0 Å². The highest BCUT2D eigenvalue weighted by molar-refractivity contribution is 7.47. The van der Waals surface area contributed by atoms with Crippen molar-refractivity contribution >= 4 is 7.82 Å². The first-order valence-electron chi connectivity index (χ1n) is 4.18. The highest BCUT2D eigenvalue weighted by Gasteiger charge is 2.19. The number of phosphoric ester groups is 1. The van der Waals surface area contributed by atoms with Crippen LogP contribution in [0.15, 0.2) is 0 Å². The van der Waals surface area contributed by atoms with Crippen molar-refractivity contribution < 1.29 is 18.5 Å². The molecule has 2 atom stereocenters. The molecular formula is C8H15O4P. The Morgan fingerprint density at radius 2 is 2.15 bits per heavy atom. The molecule has 0 saturated carbocycles. The quantitative estimate of drug-likeness (QED) is 0.565. The molecule has 4 nitrogen and oxygen atoms in total. The lowest BCUT2D eigenvalue weighted by Crippen LogP contribution is -1.91. The summed E-state index contributed by atoms with van der Waals surface area (Å²) < 4.78 is 19.7. The predicted molar refractivity (Wildman–Crippen MR) is 49.8 cm³/mol. The fourth-order valence-electron chi connectivity index (χ4n) is 0.476. The normalized spacial score (nSPS) is 16.6. The zero-order valence-corrected chi connectivity index (χ0v) is 9.01. The second kappa shape index (κ2) is 6.04. The molecule has 13 heavy (non-hydrogen) atoms. The summed E-state index contributed by atoms with van der Waals surface area (Å²) in [6.07, 6.45) is 3.05. The van der Waals surface area contributed by atoms with Crippen molar-refractivity contribution in [1.82, 2.24) is 0 Å². The van der Waals surface area contributed by atoms with Gasteiger partial charge in [-0.2, -0.15) is 0 Å². The summed E-state index contributed by atoms with van der Waals surface area (Å²) in [5.74, 6) is 2.82. The minimum Gasteiger partial charge on any atom is -0.350 e. The van der Waals surface area contributed by atoms with Gasteiger partial charge in [0.1, 0.15) is 6.11 Å². The van der Waals surface area contributed by atoms with Gasteiger partial charge in [0, 0.05) is 5.92 Å². The fourth-order valence-corrected chi connectivity index (χ4v) is 1.02. The summed E-state index contributed by atoms with van der Waals surface area (Å²) in [6, 6.07) is 0. The van der Waals surface area contributed by atoms with E-state index >= 15 is 0 Å². The van der Waals surface area contributed by atoms with Crippen LogP contribution in [0.25, 0.3) is 0 Å². The molecule has 0 fully saturated rings. The van der Waals surface area contributed by atoms with Crippen LogP contribution in [0.2, 0.25) is 0 Å². The number of phosphoric acid groups is 1. The van der Waals surface area contributed by atoms with Gasteiger partial charge in [0.25, 0.3) is 0 Å². The van der Waals surface area contributed by atoms with Crippen LogP contribution in [0.4, 0.5) is 0 Å². The number of hydrogen-bond acceptors (Lipinski definition) is 3. The molecule has 0 amide bonds. The van der Waals surface area contributed by atoms with Crippen LogP contribution >= 0.6 is 7.82 Å². The van der Waals surface area contributed by atoms with Crippen molar-refractivity contribution in [2.75, 3.05) is 6.61 Å². The van der Waals surface area contributed by atoms with Gasteiger partial charge in [-0.3, -0.25) is 9.42 Å². The summed E-state index contributed by atoms with van der Waals surface area (Å²) in [7, 11) is -3.93. The SMILES string of the molecule is CCOP(=O)(O)OC#CC(C)CC. The van der Waals surface area contributed by atoms with Gasteiger partial charge in [-0.1, -0.05) is 19.8 Å². The van der Waals surface area contributed by atoms with Gasteiger partial charge in [-0.15, -0.1) is 0 Å². The molecule has 0 radical (unpaired) electrons. The van der Waals surface area contributed by atoms with E-state index in [2.05, 4.69) is 21.1 Å². The van der Waals surface area contributed by atoms with E-state index in [0.29, 0.717) is 0 Å². The van der Waals surface area contributed by atoms with Crippen LogP contribution < -0.4 is 0 Å².